The molecule has 1 aliphatic rings. The first-order chi connectivity index (χ1) is 9.79. The molecule has 0 amide bonds. The lowest BCUT2D eigenvalue weighted by atomic mass is 10.3. The third kappa shape index (κ3) is 4.37. The number of benzene rings is 1. The topological polar surface area (TPSA) is 55.8 Å². The molecule has 0 bridgehead atoms. The second-order valence-electron chi connectivity index (χ2n) is 4.69. The molecule has 0 spiro atoms. The molecule has 1 heterocycles. The van der Waals surface area contributed by atoms with Crippen molar-refractivity contribution in [1.29, 1.82) is 0 Å². The van der Waals surface area contributed by atoms with Gasteiger partial charge in [-0.2, -0.15) is 0 Å². The minimum Gasteiger partial charge on any atom is -0.489 e. The molecule has 0 saturated carbocycles. The number of halogens is 3. The van der Waals surface area contributed by atoms with Crippen LogP contribution in [0.5, 0.6) is 5.75 Å². The maximum Gasteiger partial charge on any atom is 0.262 e. The van der Waals surface area contributed by atoms with E-state index in [1.165, 1.54) is 12.1 Å². The van der Waals surface area contributed by atoms with Crippen molar-refractivity contribution in [1.82, 2.24) is 4.90 Å². The maximum absolute atomic E-state index is 11.3. The second-order valence-corrected chi connectivity index (χ2v) is 7.98. The van der Waals surface area contributed by atoms with Crippen LogP contribution in [0.1, 0.15) is 0 Å². The van der Waals surface area contributed by atoms with Crippen LogP contribution in [0, 0.1) is 0 Å². The largest absolute Gasteiger partial charge is 0.489 e. The highest BCUT2D eigenvalue weighted by Gasteiger charge is 2.22. The van der Waals surface area contributed by atoms with Crippen LogP contribution in [0.15, 0.2) is 17.0 Å². The molecule has 0 N–H and O–H groups in total. The smallest absolute Gasteiger partial charge is 0.262 e. The second kappa shape index (κ2) is 6.89. The number of hydrogen-bond donors (Lipinski definition) is 0. The SMILES string of the molecule is CN1CCOC(COc2ccc(S(=O)(=O)Cl)c(Cl)c2Cl)C1. The molecule has 1 fully saturated rings. The minimum atomic E-state index is -3.95. The third-order valence-corrected chi connectivity index (χ3v) is 5.38. The number of morpholine rings is 1. The van der Waals surface area contributed by atoms with Crippen LogP contribution in [0.4, 0.5) is 0 Å². The predicted octanol–water partition coefficient (Wildman–Crippen LogP) is 2.63. The first-order valence-electron chi connectivity index (χ1n) is 6.14. The number of rotatable bonds is 4. The summed E-state index contributed by atoms with van der Waals surface area (Å²) in [6.45, 7) is 2.57. The van der Waals surface area contributed by atoms with Crippen molar-refractivity contribution in [3.05, 3.63) is 22.2 Å². The van der Waals surface area contributed by atoms with Crippen molar-refractivity contribution in [2.75, 3.05) is 33.4 Å². The van der Waals surface area contributed by atoms with Gasteiger partial charge in [0.2, 0.25) is 0 Å². The summed E-state index contributed by atoms with van der Waals surface area (Å²) in [6, 6.07) is 2.69. The summed E-state index contributed by atoms with van der Waals surface area (Å²) >= 11 is 11.9. The summed E-state index contributed by atoms with van der Waals surface area (Å²) in [7, 11) is 3.32. The molecule has 1 atom stereocenters. The summed E-state index contributed by atoms with van der Waals surface area (Å²) in [5.74, 6) is 0.294. The molecule has 1 aromatic rings. The van der Waals surface area contributed by atoms with Gasteiger partial charge in [0.1, 0.15) is 28.4 Å². The zero-order valence-corrected chi connectivity index (χ0v) is 14.3. The van der Waals surface area contributed by atoms with E-state index in [1.54, 1.807) is 0 Å². The van der Waals surface area contributed by atoms with Gasteiger partial charge in [0.15, 0.2) is 0 Å². The maximum atomic E-state index is 11.3. The normalized spacial score (nSPS) is 20.5. The lowest BCUT2D eigenvalue weighted by Gasteiger charge is -2.29. The molecule has 9 heteroatoms. The molecule has 1 aromatic carbocycles. The molecule has 1 saturated heterocycles. The molecule has 1 aliphatic heterocycles. The predicted molar refractivity (Wildman–Crippen MR) is 82.2 cm³/mol. The minimum absolute atomic E-state index is 0.0163. The lowest BCUT2D eigenvalue weighted by molar-refractivity contribution is -0.0403. The zero-order valence-electron chi connectivity index (χ0n) is 11.2. The summed E-state index contributed by atoms with van der Waals surface area (Å²) in [4.78, 5) is 1.90. The fourth-order valence-electron chi connectivity index (χ4n) is 1.96. The molecule has 1 unspecified atom stereocenters. The highest BCUT2D eigenvalue weighted by atomic mass is 35.7. The highest BCUT2D eigenvalue weighted by molar-refractivity contribution is 8.13. The Bertz CT molecular complexity index is 623. The number of ether oxygens (including phenoxy) is 2. The molecule has 118 valence electrons. The van der Waals surface area contributed by atoms with E-state index in [1.807, 2.05) is 7.05 Å². The van der Waals surface area contributed by atoms with Crippen LogP contribution in [0.3, 0.4) is 0 Å². The Kier molecular flexibility index (Phi) is 5.62. The Hall–Kier alpha value is -0.240. The van der Waals surface area contributed by atoms with E-state index in [0.29, 0.717) is 19.0 Å². The summed E-state index contributed by atoms with van der Waals surface area (Å²) in [6.07, 6.45) is -0.0740. The van der Waals surface area contributed by atoms with Gasteiger partial charge in [-0.3, -0.25) is 0 Å². The third-order valence-electron chi connectivity index (χ3n) is 3.04. The first kappa shape index (κ1) is 17.1. The molecular formula is C12H14Cl3NO4S. The van der Waals surface area contributed by atoms with Crippen LogP contribution in [0.2, 0.25) is 10.0 Å². The van der Waals surface area contributed by atoms with Gasteiger partial charge in [-0.05, 0) is 19.2 Å². The molecule has 0 aromatic heterocycles. The van der Waals surface area contributed by atoms with E-state index in [0.717, 1.165) is 13.1 Å². The monoisotopic (exact) mass is 373 g/mol. The van der Waals surface area contributed by atoms with E-state index in [9.17, 15) is 8.42 Å². The molecule has 21 heavy (non-hydrogen) atoms. The Morgan fingerprint density at radius 2 is 2.10 bits per heavy atom. The molecular weight excluding hydrogens is 361 g/mol. The Morgan fingerprint density at radius 1 is 1.38 bits per heavy atom. The Morgan fingerprint density at radius 3 is 2.71 bits per heavy atom. The van der Waals surface area contributed by atoms with Crippen molar-refractivity contribution >= 4 is 42.9 Å². The van der Waals surface area contributed by atoms with Gasteiger partial charge in [0, 0.05) is 23.8 Å². The van der Waals surface area contributed by atoms with Gasteiger partial charge < -0.3 is 14.4 Å². The van der Waals surface area contributed by atoms with Gasteiger partial charge in [-0.25, -0.2) is 8.42 Å². The van der Waals surface area contributed by atoms with Gasteiger partial charge in [0.05, 0.1) is 11.6 Å². The van der Waals surface area contributed by atoms with Crippen molar-refractivity contribution in [2.45, 2.75) is 11.0 Å². The standard InChI is InChI=1S/C12H14Cl3NO4S/c1-16-4-5-19-8(6-16)7-20-9-2-3-10(21(15,17)18)12(14)11(9)13/h2-3,8H,4-7H2,1H3. The van der Waals surface area contributed by atoms with Gasteiger partial charge in [-0.1, -0.05) is 23.2 Å². The van der Waals surface area contributed by atoms with Gasteiger partial charge in [0.25, 0.3) is 9.05 Å². The van der Waals surface area contributed by atoms with Crippen LogP contribution >= 0.6 is 33.9 Å². The molecule has 2 rings (SSSR count). The number of likely N-dealkylation sites (N-methyl/N-ethyl adjacent to an activating group) is 1. The zero-order chi connectivity index (χ0) is 15.6. The van der Waals surface area contributed by atoms with E-state index in [-0.39, 0.29) is 21.0 Å². The van der Waals surface area contributed by atoms with E-state index >= 15 is 0 Å². The summed E-state index contributed by atoms with van der Waals surface area (Å²) in [5, 5.41) is -0.131. The summed E-state index contributed by atoms with van der Waals surface area (Å²) in [5.41, 5.74) is 0. The van der Waals surface area contributed by atoms with Crippen molar-refractivity contribution < 1.29 is 17.9 Å². The highest BCUT2D eigenvalue weighted by Crippen LogP contribution is 2.38. The van der Waals surface area contributed by atoms with Crippen LogP contribution < -0.4 is 4.74 Å². The van der Waals surface area contributed by atoms with Crippen LogP contribution in [-0.4, -0.2) is 52.8 Å². The average molecular weight is 375 g/mol. The Labute approximate surface area is 138 Å². The van der Waals surface area contributed by atoms with E-state index < -0.39 is 9.05 Å². The van der Waals surface area contributed by atoms with Crippen LogP contribution in [-0.2, 0) is 13.8 Å². The average Bonchev–Trinajstić information content (AvgIpc) is 2.39. The first-order valence-corrected chi connectivity index (χ1v) is 9.21. The molecule has 5 nitrogen and oxygen atoms in total. The van der Waals surface area contributed by atoms with E-state index in [4.69, 9.17) is 43.4 Å². The van der Waals surface area contributed by atoms with Crippen molar-refractivity contribution in [2.24, 2.45) is 0 Å². The number of hydrogen-bond acceptors (Lipinski definition) is 5. The quantitative estimate of drug-likeness (QED) is 0.758. The number of nitrogens with zero attached hydrogens (tertiary/aromatic N) is 1. The molecule has 0 aliphatic carbocycles. The van der Waals surface area contributed by atoms with Gasteiger partial charge >= 0.3 is 0 Å². The van der Waals surface area contributed by atoms with Gasteiger partial charge in [-0.15, -0.1) is 0 Å². The summed E-state index contributed by atoms with van der Waals surface area (Å²) < 4.78 is 33.8. The lowest BCUT2D eigenvalue weighted by Crippen LogP contribution is -2.42. The van der Waals surface area contributed by atoms with Crippen molar-refractivity contribution in [3.8, 4) is 5.75 Å². The fourth-order valence-corrected chi connectivity index (χ4v) is 3.75. The Balaban J connectivity index is 2.09. The van der Waals surface area contributed by atoms with E-state index in [2.05, 4.69) is 4.90 Å². The fraction of sp³-hybridized carbons (Fsp3) is 0.500. The van der Waals surface area contributed by atoms with Crippen LogP contribution in [0.25, 0.3) is 0 Å². The van der Waals surface area contributed by atoms with Crippen molar-refractivity contribution in [3.63, 3.8) is 0 Å². The molecule has 0 radical (unpaired) electrons.